The van der Waals surface area contributed by atoms with Crippen LogP contribution in [0.3, 0.4) is 0 Å². The summed E-state index contributed by atoms with van der Waals surface area (Å²) < 4.78 is 4.89. The molecule has 0 saturated carbocycles. The molecule has 0 bridgehead atoms. The molecule has 2 rings (SSSR count). The molecule has 0 saturated heterocycles. The molecule has 0 aliphatic heterocycles. The Morgan fingerprint density at radius 3 is 2.54 bits per heavy atom. The van der Waals surface area contributed by atoms with Gasteiger partial charge in [0.2, 0.25) is 5.91 Å². The molecule has 138 valence electrons. The van der Waals surface area contributed by atoms with Gasteiger partial charge in [0, 0.05) is 30.1 Å². The van der Waals surface area contributed by atoms with Gasteiger partial charge in [-0.05, 0) is 29.8 Å². The topological polar surface area (TPSA) is 67.4 Å². The third kappa shape index (κ3) is 6.71. The van der Waals surface area contributed by atoms with Crippen LogP contribution in [0.4, 0.5) is 0 Å². The maximum atomic E-state index is 12.5. The molecule has 0 aliphatic rings. The molecule has 2 aromatic rings. The van der Waals surface area contributed by atoms with Gasteiger partial charge in [-0.1, -0.05) is 35.9 Å². The van der Waals surface area contributed by atoms with E-state index < -0.39 is 0 Å². The number of ether oxygens (including phenoxy) is 1. The van der Waals surface area contributed by atoms with E-state index in [0.717, 1.165) is 10.5 Å². The second kappa shape index (κ2) is 10.9. The number of methoxy groups -OCH3 is 1. The van der Waals surface area contributed by atoms with Gasteiger partial charge in [-0.25, -0.2) is 0 Å². The summed E-state index contributed by atoms with van der Waals surface area (Å²) >= 11 is 7.20. The van der Waals surface area contributed by atoms with Gasteiger partial charge in [-0.3, -0.25) is 9.59 Å². The van der Waals surface area contributed by atoms with Crippen LogP contribution in [0.25, 0.3) is 0 Å². The lowest BCUT2D eigenvalue weighted by atomic mass is 10.2. The average molecular weight is 393 g/mol. The van der Waals surface area contributed by atoms with Crippen molar-refractivity contribution in [2.24, 2.45) is 0 Å². The number of rotatable bonds is 9. The van der Waals surface area contributed by atoms with Gasteiger partial charge in [0.05, 0.1) is 17.9 Å². The Kier molecular flexibility index (Phi) is 8.47. The van der Waals surface area contributed by atoms with Crippen molar-refractivity contribution in [3.05, 3.63) is 64.7 Å². The summed E-state index contributed by atoms with van der Waals surface area (Å²) in [5, 5.41) is 6.31. The van der Waals surface area contributed by atoms with Crippen LogP contribution in [-0.2, 0) is 16.1 Å². The zero-order valence-electron chi connectivity index (χ0n) is 14.5. The Morgan fingerprint density at radius 1 is 1.08 bits per heavy atom. The molecule has 26 heavy (non-hydrogen) atoms. The summed E-state index contributed by atoms with van der Waals surface area (Å²) in [6, 6.07) is 14.6. The van der Waals surface area contributed by atoms with Crippen LogP contribution in [-0.4, -0.2) is 37.8 Å². The van der Waals surface area contributed by atoms with Gasteiger partial charge < -0.3 is 15.4 Å². The number of benzene rings is 2. The molecule has 0 fully saturated rings. The van der Waals surface area contributed by atoms with E-state index in [4.69, 9.17) is 16.3 Å². The third-order valence-corrected chi connectivity index (χ3v) is 4.81. The lowest BCUT2D eigenvalue weighted by Crippen LogP contribution is -2.28. The van der Waals surface area contributed by atoms with E-state index >= 15 is 0 Å². The second-order valence-corrected chi connectivity index (χ2v) is 6.89. The lowest BCUT2D eigenvalue weighted by Gasteiger charge is -2.10. The normalized spacial score (nSPS) is 10.4. The first-order valence-electron chi connectivity index (χ1n) is 8.10. The largest absolute Gasteiger partial charge is 0.383 e. The van der Waals surface area contributed by atoms with E-state index in [1.54, 1.807) is 31.4 Å². The van der Waals surface area contributed by atoms with Gasteiger partial charge in [-0.15, -0.1) is 11.8 Å². The fourth-order valence-corrected chi connectivity index (χ4v) is 3.15. The molecule has 0 heterocycles. The summed E-state index contributed by atoms with van der Waals surface area (Å²) in [7, 11) is 1.58. The summed E-state index contributed by atoms with van der Waals surface area (Å²) in [4.78, 5) is 25.1. The zero-order chi connectivity index (χ0) is 18.8. The van der Waals surface area contributed by atoms with Crippen molar-refractivity contribution in [2.75, 3.05) is 26.0 Å². The highest BCUT2D eigenvalue weighted by Crippen LogP contribution is 2.22. The number of halogens is 1. The van der Waals surface area contributed by atoms with Crippen molar-refractivity contribution in [1.82, 2.24) is 10.6 Å². The van der Waals surface area contributed by atoms with E-state index in [1.807, 2.05) is 24.3 Å². The Morgan fingerprint density at radius 2 is 1.81 bits per heavy atom. The quantitative estimate of drug-likeness (QED) is 0.508. The van der Waals surface area contributed by atoms with E-state index in [0.29, 0.717) is 30.3 Å². The Labute approximate surface area is 162 Å². The summed E-state index contributed by atoms with van der Waals surface area (Å²) in [5.41, 5.74) is 1.52. The molecule has 2 aromatic carbocycles. The Bertz CT molecular complexity index is 738. The third-order valence-electron chi connectivity index (χ3n) is 3.49. The smallest absolute Gasteiger partial charge is 0.252 e. The second-order valence-electron chi connectivity index (χ2n) is 5.44. The van der Waals surface area contributed by atoms with Crippen LogP contribution in [0.15, 0.2) is 53.4 Å². The molecular weight excluding hydrogens is 372 g/mol. The molecule has 2 amide bonds. The van der Waals surface area contributed by atoms with Crippen molar-refractivity contribution in [2.45, 2.75) is 11.4 Å². The molecule has 0 radical (unpaired) electrons. The van der Waals surface area contributed by atoms with E-state index in [1.165, 1.54) is 11.8 Å². The number of hydrogen-bond donors (Lipinski definition) is 2. The molecule has 0 atom stereocenters. The van der Waals surface area contributed by atoms with Gasteiger partial charge >= 0.3 is 0 Å². The summed E-state index contributed by atoms with van der Waals surface area (Å²) in [6.07, 6.45) is 0. The molecule has 5 nitrogen and oxygen atoms in total. The van der Waals surface area contributed by atoms with Crippen molar-refractivity contribution < 1.29 is 14.3 Å². The predicted molar refractivity (Wildman–Crippen MR) is 105 cm³/mol. The minimum atomic E-state index is -0.178. The maximum absolute atomic E-state index is 12.5. The molecule has 0 spiro atoms. The number of carbonyl (C=O) groups is 2. The van der Waals surface area contributed by atoms with Crippen molar-refractivity contribution >= 4 is 35.2 Å². The zero-order valence-corrected chi connectivity index (χ0v) is 16.0. The van der Waals surface area contributed by atoms with Crippen molar-refractivity contribution in [3.63, 3.8) is 0 Å². The first-order chi connectivity index (χ1) is 12.6. The summed E-state index contributed by atoms with van der Waals surface area (Å²) in [5.74, 6) is -0.0307. The van der Waals surface area contributed by atoms with Crippen LogP contribution in [0.5, 0.6) is 0 Å². The van der Waals surface area contributed by atoms with Crippen LogP contribution < -0.4 is 10.6 Å². The lowest BCUT2D eigenvalue weighted by molar-refractivity contribution is -0.118. The first-order valence-corrected chi connectivity index (χ1v) is 9.46. The highest BCUT2D eigenvalue weighted by Gasteiger charge is 2.12. The molecule has 2 N–H and O–H groups in total. The standard InChI is InChI=1S/C19H21ClN2O3S/c1-25-11-10-21-18(23)13-26-17-5-3-2-4-16(17)19(24)22-12-14-6-8-15(20)9-7-14/h2-9H,10-13H2,1H3,(H,21,23)(H,22,24). The van der Waals surface area contributed by atoms with Crippen molar-refractivity contribution in [3.8, 4) is 0 Å². The fourth-order valence-electron chi connectivity index (χ4n) is 2.15. The number of nitrogens with one attached hydrogen (secondary N) is 2. The number of carbonyl (C=O) groups excluding carboxylic acids is 2. The molecular formula is C19H21ClN2O3S. The van der Waals surface area contributed by atoms with Crippen LogP contribution >= 0.6 is 23.4 Å². The number of hydrogen-bond acceptors (Lipinski definition) is 4. The minimum Gasteiger partial charge on any atom is -0.383 e. The average Bonchev–Trinajstić information content (AvgIpc) is 2.66. The van der Waals surface area contributed by atoms with Gasteiger partial charge in [0.25, 0.3) is 5.91 Å². The molecule has 0 aromatic heterocycles. The fraction of sp³-hybridized carbons (Fsp3) is 0.263. The van der Waals surface area contributed by atoms with E-state index in [-0.39, 0.29) is 17.6 Å². The predicted octanol–water partition coefficient (Wildman–Crippen LogP) is 3.12. The number of amides is 2. The summed E-state index contributed by atoms with van der Waals surface area (Å²) in [6.45, 7) is 1.35. The van der Waals surface area contributed by atoms with E-state index in [9.17, 15) is 9.59 Å². The molecule has 0 aliphatic carbocycles. The minimum absolute atomic E-state index is 0.0941. The Balaban J connectivity index is 1.91. The Hall–Kier alpha value is -2.02. The van der Waals surface area contributed by atoms with Crippen LogP contribution in [0.2, 0.25) is 5.02 Å². The highest BCUT2D eigenvalue weighted by atomic mass is 35.5. The highest BCUT2D eigenvalue weighted by molar-refractivity contribution is 8.00. The number of thioether (sulfide) groups is 1. The van der Waals surface area contributed by atoms with E-state index in [2.05, 4.69) is 10.6 Å². The maximum Gasteiger partial charge on any atom is 0.252 e. The monoisotopic (exact) mass is 392 g/mol. The van der Waals surface area contributed by atoms with Gasteiger partial charge in [-0.2, -0.15) is 0 Å². The first kappa shape index (κ1) is 20.3. The molecule has 7 heteroatoms. The van der Waals surface area contributed by atoms with Gasteiger partial charge in [0.15, 0.2) is 0 Å². The van der Waals surface area contributed by atoms with Gasteiger partial charge in [0.1, 0.15) is 0 Å². The SMILES string of the molecule is COCCNC(=O)CSc1ccccc1C(=O)NCc1ccc(Cl)cc1. The van der Waals surface area contributed by atoms with Crippen molar-refractivity contribution in [1.29, 1.82) is 0 Å². The van der Waals surface area contributed by atoms with Crippen LogP contribution in [0, 0.1) is 0 Å². The van der Waals surface area contributed by atoms with Crippen LogP contribution in [0.1, 0.15) is 15.9 Å². The molecule has 0 unspecified atom stereocenters.